The van der Waals surface area contributed by atoms with Gasteiger partial charge in [0.25, 0.3) is 0 Å². The lowest BCUT2D eigenvalue weighted by atomic mass is 10.1. The van der Waals surface area contributed by atoms with E-state index in [1.54, 1.807) is 6.07 Å². The zero-order valence-electron chi connectivity index (χ0n) is 10.8. The fraction of sp³-hybridized carbons (Fsp3) is 0.133. The zero-order chi connectivity index (χ0) is 14.3. The maximum absolute atomic E-state index is 13.6. The van der Waals surface area contributed by atoms with E-state index in [2.05, 4.69) is 40.0 Å². The maximum Gasteiger partial charge on any atom is 0.182 e. The monoisotopic (exact) mass is 350 g/mol. The van der Waals surface area contributed by atoms with Crippen LogP contribution in [0.1, 0.15) is 12.5 Å². The Morgan fingerprint density at radius 1 is 1.25 bits per heavy atom. The molecule has 1 heterocycles. The van der Waals surface area contributed by atoms with Crippen molar-refractivity contribution in [1.29, 1.82) is 0 Å². The molecule has 20 heavy (non-hydrogen) atoms. The van der Waals surface area contributed by atoms with E-state index in [4.69, 9.17) is 12.2 Å². The minimum atomic E-state index is -0.303. The molecule has 2 nitrogen and oxygen atoms in total. The molecule has 5 heteroatoms. The Labute approximate surface area is 129 Å². The van der Waals surface area contributed by atoms with Crippen molar-refractivity contribution in [2.75, 3.05) is 0 Å². The smallest absolute Gasteiger partial charge is 0.182 e. The van der Waals surface area contributed by atoms with Crippen LogP contribution in [0.5, 0.6) is 0 Å². The number of nitrogens with zero attached hydrogens (tertiary/aromatic N) is 1. The Balaban J connectivity index is 2.26. The number of benzene rings is 2. The Hall–Kier alpha value is -1.46. The molecular weight excluding hydrogens is 339 g/mol. The molecule has 0 atom stereocenters. The molecule has 0 aliphatic carbocycles. The molecular formula is C15H12BrFN2S. The zero-order valence-corrected chi connectivity index (χ0v) is 13.2. The van der Waals surface area contributed by atoms with E-state index < -0.39 is 0 Å². The molecule has 0 bridgehead atoms. The van der Waals surface area contributed by atoms with E-state index in [-0.39, 0.29) is 5.82 Å². The summed E-state index contributed by atoms with van der Waals surface area (Å²) in [5.74, 6) is -0.303. The third-order valence-corrected chi connectivity index (χ3v) is 4.22. The van der Waals surface area contributed by atoms with E-state index in [1.165, 1.54) is 11.6 Å². The summed E-state index contributed by atoms with van der Waals surface area (Å²) in [6, 6.07) is 11.4. The van der Waals surface area contributed by atoms with Crippen molar-refractivity contribution in [3.63, 3.8) is 0 Å². The predicted octanol–water partition coefficient (Wildman–Crippen LogP) is 5.15. The first-order chi connectivity index (χ1) is 9.60. The SMILES string of the molecule is CCc1ccc(-n2c(=S)[nH]c3cc(F)c(Br)cc32)cc1. The highest BCUT2D eigenvalue weighted by Gasteiger charge is 2.10. The van der Waals surface area contributed by atoms with Crippen LogP contribution in [0.2, 0.25) is 0 Å². The predicted molar refractivity (Wildman–Crippen MR) is 85.5 cm³/mol. The third-order valence-electron chi connectivity index (χ3n) is 3.33. The number of imidazole rings is 1. The van der Waals surface area contributed by atoms with Gasteiger partial charge in [0.1, 0.15) is 5.82 Å². The highest BCUT2D eigenvalue weighted by Crippen LogP contribution is 2.25. The highest BCUT2D eigenvalue weighted by atomic mass is 79.9. The molecule has 3 rings (SSSR count). The second-order valence-electron chi connectivity index (χ2n) is 4.57. The summed E-state index contributed by atoms with van der Waals surface area (Å²) < 4.78 is 16.5. The van der Waals surface area contributed by atoms with Gasteiger partial charge in [0.2, 0.25) is 0 Å². The molecule has 0 unspecified atom stereocenters. The fourth-order valence-corrected chi connectivity index (χ4v) is 2.88. The minimum Gasteiger partial charge on any atom is -0.330 e. The van der Waals surface area contributed by atoms with Crippen molar-refractivity contribution in [2.45, 2.75) is 13.3 Å². The van der Waals surface area contributed by atoms with Gasteiger partial charge in [-0.3, -0.25) is 4.57 Å². The first kappa shape index (κ1) is 13.5. The van der Waals surface area contributed by atoms with Gasteiger partial charge >= 0.3 is 0 Å². The summed E-state index contributed by atoms with van der Waals surface area (Å²) in [5, 5.41) is 0. The summed E-state index contributed by atoms with van der Waals surface area (Å²) in [7, 11) is 0. The minimum absolute atomic E-state index is 0.303. The van der Waals surface area contributed by atoms with Gasteiger partial charge in [-0.2, -0.15) is 0 Å². The lowest BCUT2D eigenvalue weighted by Gasteiger charge is -2.06. The molecule has 1 N–H and O–H groups in total. The number of rotatable bonds is 2. The van der Waals surface area contributed by atoms with Crippen molar-refractivity contribution < 1.29 is 4.39 Å². The Morgan fingerprint density at radius 2 is 1.95 bits per heavy atom. The van der Waals surface area contributed by atoms with E-state index >= 15 is 0 Å². The molecule has 0 saturated carbocycles. The number of hydrogen-bond donors (Lipinski definition) is 1. The van der Waals surface area contributed by atoms with Crippen molar-refractivity contribution in [1.82, 2.24) is 9.55 Å². The van der Waals surface area contributed by atoms with Crippen molar-refractivity contribution in [2.24, 2.45) is 0 Å². The molecule has 102 valence electrons. The van der Waals surface area contributed by atoms with Gasteiger partial charge in [0.05, 0.1) is 15.5 Å². The number of H-pyrrole nitrogens is 1. The van der Waals surface area contributed by atoms with Crippen molar-refractivity contribution in [3.05, 3.63) is 57.0 Å². The third kappa shape index (κ3) is 2.21. The standard InChI is InChI=1S/C15H12BrFN2S/c1-2-9-3-5-10(6-4-9)19-14-7-11(16)12(17)8-13(14)18-15(19)20/h3-8H,2H2,1H3,(H,18,20). The van der Waals surface area contributed by atoms with Crippen LogP contribution < -0.4 is 0 Å². The van der Waals surface area contributed by atoms with Gasteiger partial charge in [-0.25, -0.2) is 4.39 Å². The van der Waals surface area contributed by atoms with Crippen molar-refractivity contribution >= 4 is 39.2 Å². The topological polar surface area (TPSA) is 20.7 Å². The van der Waals surface area contributed by atoms with Gasteiger partial charge in [0.15, 0.2) is 4.77 Å². The van der Waals surface area contributed by atoms with Gasteiger partial charge in [0, 0.05) is 11.8 Å². The second-order valence-corrected chi connectivity index (χ2v) is 5.81. The van der Waals surface area contributed by atoms with E-state index in [0.717, 1.165) is 17.6 Å². The quantitative estimate of drug-likeness (QED) is 0.633. The number of hydrogen-bond acceptors (Lipinski definition) is 1. The highest BCUT2D eigenvalue weighted by molar-refractivity contribution is 9.10. The molecule has 0 amide bonds. The largest absolute Gasteiger partial charge is 0.330 e. The summed E-state index contributed by atoms with van der Waals surface area (Å²) in [6.45, 7) is 2.12. The van der Waals surface area contributed by atoms with Crippen LogP contribution in [0.3, 0.4) is 0 Å². The number of halogens is 2. The maximum atomic E-state index is 13.6. The number of aryl methyl sites for hydroxylation is 1. The van der Waals surface area contributed by atoms with Gasteiger partial charge in [-0.05, 0) is 58.3 Å². The van der Waals surface area contributed by atoms with Crippen LogP contribution in [-0.4, -0.2) is 9.55 Å². The lowest BCUT2D eigenvalue weighted by Crippen LogP contribution is -1.94. The molecule has 0 spiro atoms. The molecule has 0 aliphatic heterocycles. The van der Waals surface area contributed by atoms with E-state index in [1.807, 2.05) is 16.7 Å². The van der Waals surface area contributed by atoms with Gasteiger partial charge in [-0.1, -0.05) is 19.1 Å². The van der Waals surface area contributed by atoms with Crippen LogP contribution in [0, 0.1) is 10.6 Å². The Bertz CT molecular complexity index is 833. The number of nitrogens with one attached hydrogen (secondary N) is 1. The first-order valence-electron chi connectivity index (χ1n) is 6.29. The molecule has 0 radical (unpaired) electrons. The summed E-state index contributed by atoms with van der Waals surface area (Å²) in [5.41, 5.74) is 3.78. The van der Waals surface area contributed by atoms with E-state index in [9.17, 15) is 4.39 Å². The number of aromatic nitrogens is 2. The molecule has 2 aromatic carbocycles. The van der Waals surface area contributed by atoms with Crippen molar-refractivity contribution in [3.8, 4) is 5.69 Å². The van der Waals surface area contributed by atoms with Gasteiger partial charge < -0.3 is 4.98 Å². The average molecular weight is 351 g/mol. The van der Waals surface area contributed by atoms with Gasteiger partial charge in [-0.15, -0.1) is 0 Å². The lowest BCUT2D eigenvalue weighted by molar-refractivity contribution is 0.623. The molecule has 0 aliphatic rings. The Kier molecular flexibility index (Phi) is 3.48. The summed E-state index contributed by atoms with van der Waals surface area (Å²) in [6.07, 6.45) is 0.996. The molecule has 3 aromatic rings. The van der Waals surface area contributed by atoms with Crippen LogP contribution in [-0.2, 0) is 6.42 Å². The normalized spacial score (nSPS) is 11.2. The Morgan fingerprint density at radius 3 is 2.60 bits per heavy atom. The van der Waals surface area contributed by atoms with E-state index in [0.29, 0.717) is 14.8 Å². The van der Waals surface area contributed by atoms with Crippen LogP contribution >= 0.6 is 28.1 Å². The number of fused-ring (bicyclic) bond motifs is 1. The molecule has 0 saturated heterocycles. The second kappa shape index (κ2) is 5.14. The van der Waals surface area contributed by atoms with Crippen LogP contribution in [0.4, 0.5) is 4.39 Å². The summed E-state index contributed by atoms with van der Waals surface area (Å²) >= 11 is 8.57. The number of aromatic amines is 1. The van der Waals surface area contributed by atoms with Crippen LogP contribution in [0.15, 0.2) is 40.9 Å². The summed E-state index contributed by atoms with van der Waals surface area (Å²) in [4.78, 5) is 3.04. The molecule has 1 aromatic heterocycles. The first-order valence-corrected chi connectivity index (χ1v) is 7.49. The fourth-order valence-electron chi connectivity index (χ4n) is 2.24. The average Bonchev–Trinajstić information content (AvgIpc) is 2.75. The van der Waals surface area contributed by atoms with Crippen LogP contribution in [0.25, 0.3) is 16.7 Å². The molecule has 0 fully saturated rings.